The lowest BCUT2D eigenvalue weighted by Gasteiger charge is -2.15. The Morgan fingerprint density at radius 2 is 0.877 bits per heavy atom. The molecule has 0 unspecified atom stereocenters. The Labute approximate surface area is 418 Å². The van der Waals surface area contributed by atoms with E-state index in [1.165, 1.54) is 65.0 Å². The Hall–Kier alpha value is -9.84. The standard InChI is InChI=1S/C68H41N5/c1-2-20-47(21-3-1)71-61-29-13-9-24-54(61)65-55(25-15-31-62(65)71)67-66(69-57-26-10-11-27-58(57)70-67)46-33-35-49-45(38-46)19-14-30-59(49)73-63-40-44-18-5-4-17-43(44)39-56(63)52-37-34-48(41-64(52)73)72-60-28-12-8-23-51(60)53-36-32-42-16-6-7-22-50(42)68(53)72/h1-41H. The molecule has 4 heterocycles. The smallest absolute Gasteiger partial charge is 0.0980 e. The van der Waals surface area contributed by atoms with Gasteiger partial charge in [-0.3, -0.25) is 0 Å². The molecule has 0 saturated carbocycles. The fraction of sp³-hybridized carbons (Fsp3) is 0. The first-order valence-electron chi connectivity index (χ1n) is 25.0. The number of rotatable bonds is 5. The molecular weight excluding hydrogens is 887 g/mol. The highest BCUT2D eigenvalue weighted by atomic mass is 15.0. The number of para-hydroxylation sites is 5. The molecule has 0 amide bonds. The maximum absolute atomic E-state index is 5.50. The van der Waals surface area contributed by atoms with E-state index in [-0.39, 0.29) is 0 Å². The van der Waals surface area contributed by atoms with Gasteiger partial charge in [0.05, 0.1) is 61.2 Å². The van der Waals surface area contributed by atoms with E-state index in [1.807, 2.05) is 12.1 Å². The molecule has 0 radical (unpaired) electrons. The van der Waals surface area contributed by atoms with Gasteiger partial charge in [0, 0.05) is 65.6 Å². The van der Waals surface area contributed by atoms with Gasteiger partial charge >= 0.3 is 0 Å². The van der Waals surface area contributed by atoms with Gasteiger partial charge in [-0.1, -0.05) is 170 Å². The molecule has 16 aromatic rings. The van der Waals surface area contributed by atoms with Crippen LogP contribution >= 0.6 is 0 Å². The summed E-state index contributed by atoms with van der Waals surface area (Å²) in [6, 6.07) is 90.4. The minimum atomic E-state index is 0.849. The zero-order chi connectivity index (χ0) is 47.7. The van der Waals surface area contributed by atoms with Crippen LogP contribution in [-0.2, 0) is 0 Å². The summed E-state index contributed by atoms with van der Waals surface area (Å²) < 4.78 is 7.34. The van der Waals surface area contributed by atoms with Crippen molar-refractivity contribution in [2.75, 3.05) is 0 Å². The Kier molecular flexibility index (Phi) is 8.39. The molecule has 4 aromatic heterocycles. The van der Waals surface area contributed by atoms with Crippen molar-refractivity contribution in [3.05, 3.63) is 249 Å². The first-order chi connectivity index (χ1) is 36.2. The summed E-state index contributed by atoms with van der Waals surface area (Å²) in [5, 5.41) is 14.4. The van der Waals surface area contributed by atoms with E-state index in [4.69, 9.17) is 9.97 Å². The van der Waals surface area contributed by atoms with Crippen LogP contribution in [0, 0.1) is 0 Å². The van der Waals surface area contributed by atoms with Crippen molar-refractivity contribution in [3.63, 3.8) is 0 Å². The molecule has 12 aromatic carbocycles. The van der Waals surface area contributed by atoms with E-state index in [0.29, 0.717) is 0 Å². The van der Waals surface area contributed by atoms with Crippen LogP contribution in [0.4, 0.5) is 0 Å². The lowest BCUT2D eigenvalue weighted by Crippen LogP contribution is -1.99. The van der Waals surface area contributed by atoms with Crippen LogP contribution in [0.1, 0.15) is 0 Å². The lowest BCUT2D eigenvalue weighted by atomic mass is 9.97. The second-order valence-electron chi connectivity index (χ2n) is 19.3. The number of hydrogen-bond acceptors (Lipinski definition) is 2. The van der Waals surface area contributed by atoms with Gasteiger partial charge in [0.25, 0.3) is 0 Å². The van der Waals surface area contributed by atoms with Crippen molar-refractivity contribution in [1.82, 2.24) is 23.7 Å². The largest absolute Gasteiger partial charge is 0.309 e. The van der Waals surface area contributed by atoms with E-state index < -0.39 is 0 Å². The van der Waals surface area contributed by atoms with Crippen LogP contribution in [0.3, 0.4) is 0 Å². The molecular formula is C68H41N5. The second-order valence-corrected chi connectivity index (χ2v) is 19.3. The third-order valence-corrected chi connectivity index (χ3v) is 15.3. The summed E-state index contributed by atoms with van der Waals surface area (Å²) in [7, 11) is 0. The van der Waals surface area contributed by atoms with Crippen LogP contribution in [0.5, 0.6) is 0 Å². The number of fused-ring (bicyclic) bond motifs is 14. The summed E-state index contributed by atoms with van der Waals surface area (Å²) in [5.74, 6) is 0. The predicted octanol–water partition coefficient (Wildman–Crippen LogP) is 17.7. The maximum Gasteiger partial charge on any atom is 0.0980 e. The van der Waals surface area contributed by atoms with Crippen molar-refractivity contribution >= 4 is 109 Å². The van der Waals surface area contributed by atoms with Crippen LogP contribution in [-0.4, -0.2) is 23.7 Å². The van der Waals surface area contributed by atoms with Gasteiger partial charge in [0.1, 0.15) is 0 Å². The molecule has 0 atom stereocenters. The van der Waals surface area contributed by atoms with Gasteiger partial charge < -0.3 is 13.7 Å². The van der Waals surface area contributed by atoms with E-state index in [2.05, 4.69) is 250 Å². The quantitative estimate of drug-likeness (QED) is 0.173. The minimum Gasteiger partial charge on any atom is -0.309 e. The fourth-order valence-corrected chi connectivity index (χ4v) is 12.2. The number of hydrogen-bond donors (Lipinski definition) is 0. The fourth-order valence-electron chi connectivity index (χ4n) is 12.2. The monoisotopic (exact) mass is 927 g/mol. The Balaban J connectivity index is 0.936. The zero-order valence-corrected chi connectivity index (χ0v) is 39.4. The maximum atomic E-state index is 5.50. The number of aromatic nitrogens is 5. The SMILES string of the molecule is c1ccc(-n2c3ccccc3c3c(-c4nc5ccccc5nc4-c4ccc5c(-n6c7cc(-n8c9ccccc9c9ccc%10ccccc%10c98)ccc7c7cc8ccccc8cc76)cccc5c4)cccc32)cc1. The van der Waals surface area contributed by atoms with E-state index >= 15 is 0 Å². The lowest BCUT2D eigenvalue weighted by molar-refractivity contribution is 1.17. The molecule has 0 aliphatic carbocycles. The normalized spacial score (nSPS) is 12.1. The summed E-state index contributed by atoms with van der Waals surface area (Å²) in [6.45, 7) is 0. The summed E-state index contributed by atoms with van der Waals surface area (Å²) in [5.41, 5.74) is 15.9. The summed E-state index contributed by atoms with van der Waals surface area (Å²) in [6.07, 6.45) is 0. The highest BCUT2D eigenvalue weighted by Gasteiger charge is 2.23. The van der Waals surface area contributed by atoms with Gasteiger partial charge in [-0.15, -0.1) is 0 Å². The van der Waals surface area contributed by atoms with Gasteiger partial charge in [-0.25, -0.2) is 9.97 Å². The molecule has 16 rings (SSSR count). The van der Waals surface area contributed by atoms with E-state index in [0.717, 1.165) is 83.3 Å². The molecule has 0 spiro atoms. The van der Waals surface area contributed by atoms with Crippen molar-refractivity contribution < 1.29 is 0 Å². The second kappa shape index (κ2) is 15.3. The van der Waals surface area contributed by atoms with Crippen molar-refractivity contribution in [2.24, 2.45) is 0 Å². The van der Waals surface area contributed by atoms with Crippen molar-refractivity contribution in [1.29, 1.82) is 0 Å². The Bertz CT molecular complexity index is 4980. The first kappa shape index (κ1) is 39.9. The topological polar surface area (TPSA) is 40.6 Å². The van der Waals surface area contributed by atoms with E-state index in [1.54, 1.807) is 0 Å². The van der Waals surface area contributed by atoms with Crippen LogP contribution in [0.2, 0.25) is 0 Å². The highest BCUT2D eigenvalue weighted by Crippen LogP contribution is 2.44. The summed E-state index contributed by atoms with van der Waals surface area (Å²) in [4.78, 5) is 11.0. The zero-order valence-electron chi connectivity index (χ0n) is 39.4. The molecule has 0 aliphatic rings. The van der Waals surface area contributed by atoms with Crippen molar-refractivity contribution in [2.45, 2.75) is 0 Å². The van der Waals surface area contributed by atoms with Crippen molar-refractivity contribution in [3.8, 4) is 39.6 Å². The Morgan fingerprint density at radius 3 is 1.71 bits per heavy atom. The minimum absolute atomic E-state index is 0.849. The van der Waals surface area contributed by atoms with Crippen LogP contribution in [0.25, 0.3) is 148 Å². The molecule has 0 fully saturated rings. The first-order valence-corrected chi connectivity index (χ1v) is 25.0. The summed E-state index contributed by atoms with van der Waals surface area (Å²) >= 11 is 0. The van der Waals surface area contributed by atoms with Gasteiger partial charge in [-0.2, -0.15) is 0 Å². The van der Waals surface area contributed by atoms with Crippen LogP contribution in [0.15, 0.2) is 249 Å². The third-order valence-electron chi connectivity index (χ3n) is 15.3. The number of nitrogens with zero attached hydrogens (tertiary/aromatic N) is 5. The molecule has 0 saturated heterocycles. The van der Waals surface area contributed by atoms with E-state index in [9.17, 15) is 0 Å². The molecule has 73 heavy (non-hydrogen) atoms. The molecule has 0 N–H and O–H groups in total. The van der Waals surface area contributed by atoms with Gasteiger partial charge in [0.2, 0.25) is 0 Å². The van der Waals surface area contributed by atoms with Gasteiger partial charge in [-0.05, 0) is 100 Å². The van der Waals surface area contributed by atoms with Crippen LogP contribution < -0.4 is 0 Å². The molecule has 5 heteroatoms. The van der Waals surface area contributed by atoms with Gasteiger partial charge in [0.15, 0.2) is 0 Å². The average molecular weight is 928 g/mol. The molecule has 5 nitrogen and oxygen atoms in total. The highest BCUT2D eigenvalue weighted by molar-refractivity contribution is 6.20. The molecule has 0 bridgehead atoms. The predicted molar refractivity (Wildman–Crippen MR) is 306 cm³/mol. The Morgan fingerprint density at radius 1 is 0.274 bits per heavy atom. The average Bonchev–Trinajstić information content (AvgIpc) is 4.10. The molecule has 0 aliphatic heterocycles. The third kappa shape index (κ3) is 5.85. The number of benzene rings is 12. The molecule has 338 valence electrons.